The van der Waals surface area contributed by atoms with Gasteiger partial charge in [0.15, 0.2) is 0 Å². The summed E-state index contributed by atoms with van der Waals surface area (Å²) in [6, 6.07) is 4.37. The third-order valence-electron chi connectivity index (χ3n) is 1.52. The smallest absolute Gasteiger partial charge is 0.0299 e. The van der Waals surface area contributed by atoms with E-state index >= 15 is 0 Å². The molecule has 0 radical (unpaired) electrons. The molecule has 1 heterocycles. The molecule has 1 nitrogen and oxygen atoms in total. The van der Waals surface area contributed by atoms with Crippen molar-refractivity contribution in [3.05, 3.63) is 21.9 Å². The topological polar surface area (TPSA) is 12.0 Å². The molecule has 0 bridgehead atoms. The number of nitrogens with one attached hydrogen (secondary N) is 1. The van der Waals surface area contributed by atoms with Gasteiger partial charge in [-0.25, -0.2) is 0 Å². The molecule has 0 amide bonds. The van der Waals surface area contributed by atoms with Crippen LogP contribution in [0.2, 0.25) is 0 Å². The molecule has 0 fully saturated rings. The van der Waals surface area contributed by atoms with Crippen molar-refractivity contribution in [1.82, 2.24) is 5.32 Å². The van der Waals surface area contributed by atoms with Crippen LogP contribution in [0.1, 0.15) is 23.1 Å². The molecule has 0 spiro atoms. The molecule has 0 saturated carbocycles. The van der Waals surface area contributed by atoms with Gasteiger partial charge in [0.1, 0.15) is 0 Å². The zero-order valence-corrected chi connectivity index (χ0v) is 8.00. The van der Waals surface area contributed by atoms with Gasteiger partial charge in [-0.05, 0) is 32.0 Å². The number of aryl methyl sites for hydroxylation is 1. The third-order valence-corrected chi connectivity index (χ3v) is 2.52. The SMILES string of the molecule is CCCNCc1ccc(C)s1. The summed E-state index contributed by atoms with van der Waals surface area (Å²) in [6.07, 6.45) is 1.21. The summed E-state index contributed by atoms with van der Waals surface area (Å²) in [5.41, 5.74) is 0. The van der Waals surface area contributed by atoms with Crippen molar-refractivity contribution in [3.63, 3.8) is 0 Å². The summed E-state index contributed by atoms with van der Waals surface area (Å²) in [5.74, 6) is 0. The fourth-order valence-corrected chi connectivity index (χ4v) is 1.83. The van der Waals surface area contributed by atoms with Gasteiger partial charge in [-0.2, -0.15) is 0 Å². The van der Waals surface area contributed by atoms with Crippen molar-refractivity contribution < 1.29 is 0 Å². The van der Waals surface area contributed by atoms with Gasteiger partial charge in [-0.15, -0.1) is 11.3 Å². The van der Waals surface area contributed by atoms with E-state index in [4.69, 9.17) is 0 Å². The van der Waals surface area contributed by atoms with Gasteiger partial charge in [0.05, 0.1) is 0 Å². The Kier molecular flexibility index (Phi) is 3.60. The third kappa shape index (κ3) is 3.04. The van der Waals surface area contributed by atoms with Gasteiger partial charge in [-0.3, -0.25) is 0 Å². The first-order valence-corrected chi connectivity index (χ1v) is 4.90. The molecule has 0 atom stereocenters. The van der Waals surface area contributed by atoms with E-state index in [1.807, 2.05) is 11.3 Å². The Bertz CT molecular complexity index is 205. The summed E-state index contributed by atoms with van der Waals surface area (Å²) in [7, 11) is 0. The van der Waals surface area contributed by atoms with Crippen molar-refractivity contribution in [2.75, 3.05) is 6.54 Å². The minimum absolute atomic E-state index is 1.03. The molecule has 62 valence electrons. The van der Waals surface area contributed by atoms with E-state index in [1.54, 1.807) is 0 Å². The standard InChI is InChI=1S/C9H15NS/c1-3-6-10-7-9-5-4-8(2)11-9/h4-5,10H,3,6-7H2,1-2H3. The molecule has 0 aromatic carbocycles. The average molecular weight is 169 g/mol. The molecule has 1 aromatic heterocycles. The first kappa shape index (κ1) is 8.75. The van der Waals surface area contributed by atoms with E-state index in [-0.39, 0.29) is 0 Å². The van der Waals surface area contributed by atoms with Gasteiger partial charge >= 0.3 is 0 Å². The number of hydrogen-bond donors (Lipinski definition) is 1. The molecular formula is C9H15NS. The zero-order valence-electron chi connectivity index (χ0n) is 7.18. The Balaban J connectivity index is 2.27. The van der Waals surface area contributed by atoms with Crippen LogP contribution in [0.5, 0.6) is 0 Å². The first-order valence-electron chi connectivity index (χ1n) is 4.09. The maximum absolute atomic E-state index is 3.38. The van der Waals surface area contributed by atoms with Crippen LogP contribution in [0.3, 0.4) is 0 Å². The number of hydrogen-bond acceptors (Lipinski definition) is 2. The molecule has 0 aliphatic carbocycles. The monoisotopic (exact) mass is 169 g/mol. The summed E-state index contributed by atoms with van der Waals surface area (Å²) < 4.78 is 0. The van der Waals surface area contributed by atoms with E-state index in [0.29, 0.717) is 0 Å². The summed E-state index contributed by atoms with van der Waals surface area (Å²) in [4.78, 5) is 2.84. The van der Waals surface area contributed by atoms with Crippen molar-refractivity contribution >= 4 is 11.3 Å². The van der Waals surface area contributed by atoms with Crippen molar-refractivity contribution in [2.24, 2.45) is 0 Å². The van der Waals surface area contributed by atoms with Crippen LogP contribution in [0.15, 0.2) is 12.1 Å². The second kappa shape index (κ2) is 4.52. The highest BCUT2D eigenvalue weighted by atomic mass is 32.1. The lowest BCUT2D eigenvalue weighted by Crippen LogP contribution is -2.12. The molecule has 11 heavy (non-hydrogen) atoms. The first-order chi connectivity index (χ1) is 5.33. The van der Waals surface area contributed by atoms with Crippen molar-refractivity contribution in [1.29, 1.82) is 0 Å². The van der Waals surface area contributed by atoms with Crippen LogP contribution in [-0.4, -0.2) is 6.54 Å². The Morgan fingerprint density at radius 3 is 2.82 bits per heavy atom. The highest BCUT2D eigenvalue weighted by Gasteiger charge is 1.93. The van der Waals surface area contributed by atoms with E-state index in [0.717, 1.165) is 13.1 Å². The fraction of sp³-hybridized carbons (Fsp3) is 0.556. The highest BCUT2D eigenvalue weighted by Crippen LogP contribution is 2.14. The predicted molar refractivity (Wildman–Crippen MR) is 51.1 cm³/mol. The molecule has 1 rings (SSSR count). The van der Waals surface area contributed by atoms with E-state index in [2.05, 4.69) is 31.3 Å². The Morgan fingerprint density at radius 2 is 2.27 bits per heavy atom. The molecule has 0 aliphatic rings. The van der Waals surface area contributed by atoms with E-state index < -0.39 is 0 Å². The highest BCUT2D eigenvalue weighted by molar-refractivity contribution is 7.11. The van der Waals surface area contributed by atoms with Gasteiger partial charge in [0.25, 0.3) is 0 Å². The van der Waals surface area contributed by atoms with Crippen LogP contribution in [0, 0.1) is 6.92 Å². The molecule has 2 heteroatoms. The maximum atomic E-state index is 3.38. The molecule has 0 unspecified atom stereocenters. The largest absolute Gasteiger partial charge is 0.312 e. The van der Waals surface area contributed by atoms with Crippen LogP contribution in [0.4, 0.5) is 0 Å². The van der Waals surface area contributed by atoms with Crippen LogP contribution in [0.25, 0.3) is 0 Å². The second-order valence-corrected chi connectivity index (χ2v) is 4.06. The van der Waals surface area contributed by atoms with Gasteiger partial charge in [-0.1, -0.05) is 6.92 Å². The predicted octanol–water partition coefficient (Wildman–Crippen LogP) is 2.56. The molecule has 0 aliphatic heterocycles. The zero-order chi connectivity index (χ0) is 8.10. The lowest BCUT2D eigenvalue weighted by Gasteiger charge is -1.98. The minimum atomic E-state index is 1.03. The van der Waals surface area contributed by atoms with Crippen molar-refractivity contribution in [2.45, 2.75) is 26.8 Å². The minimum Gasteiger partial charge on any atom is -0.312 e. The van der Waals surface area contributed by atoms with E-state index in [9.17, 15) is 0 Å². The summed E-state index contributed by atoms with van der Waals surface area (Å²) >= 11 is 1.88. The summed E-state index contributed by atoms with van der Waals surface area (Å²) in [5, 5.41) is 3.38. The quantitative estimate of drug-likeness (QED) is 0.683. The van der Waals surface area contributed by atoms with E-state index in [1.165, 1.54) is 16.2 Å². The molecule has 0 saturated heterocycles. The fourth-order valence-electron chi connectivity index (χ4n) is 0.968. The van der Waals surface area contributed by atoms with Gasteiger partial charge in [0, 0.05) is 16.3 Å². The normalized spacial score (nSPS) is 10.4. The Morgan fingerprint density at radius 1 is 1.45 bits per heavy atom. The molecule has 1 N–H and O–H groups in total. The van der Waals surface area contributed by atoms with Gasteiger partial charge in [0.2, 0.25) is 0 Å². The summed E-state index contributed by atoms with van der Waals surface area (Å²) in [6.45, 7) is 6.49. The van der Waals surface area contributed by atoms with Crippen LogP contribution < -0.4 is 5.32 Å². The van der Waals surface area contributed by atoms with Crippen LogP contribution >= 0.6 is 11.3 Å². The average Bonchev–Trinajstić information content (AvgIpc) is 2.37. The Hall–Kier alpha value is -0.340. The van der Waals surface area contributed by atoms with Crippen LogP contribution in [-0.2, 0) is 6.54 Å². The Labute approximate surface area is 72.4 Å². The second-order valence-electron chi connectivity index (χ2n) is 2.69. The lowest BCUT2D eigenvalue weighted by atomic mass is 10.4. The van der Waals surface area contributed by atoms with Crippen molar-refractivity contribution in [3.8, 4) is 0 Å². The number of rotatable bonds is 4. The molecule has 1 aromatic rings. The maximum Gasteiger partial charge on any atom is 0.0299 e. The number of thiophene rings is 1. The van der Waals surface area contributed by atoms with Gasteiger partial charge < -0.3 is 5.32 Å². The molecular weight excluding hydrogens is 154 g/mol. The lowest BCUT2D eigenvalue weighted by molar-refractivity contribution is 0.681.